The second-order valence-corrected chi connectivity index (χ2v) is 6.50. The van der Waals surface area contributed by atoms with E-state index in [1.807, 2.05) is 64.1 Å². The average Bonchev–Trinajstić information content (AvgIpc) is 3.18. The molecule has 3 heterocycles. The number of aromatic nitrogens is 6. The van der Waals surface area contributed by atoms with Gasteiger partial charge in [-0.1, -0.05) is 12.1 Å². The lowest BCUT2D eigenvalue weighted by Gasteiger charge is -2.11. The number of hydrogen-bond donors (Lipinski definition) is 1. The van der Waals surface area contributed by atoms with Crippen LogP contribution in [0.2, 0.25) is 0 Å². The molecule has 0 aliphatic rings. The number of carbonyl (C=O) groups is 1. The topological polar surface area (TPSA) is 90.0 Å². The number of fused-ring (bicyclic) bond motifs is 1. The van der Waals surface area contributed by atoms with E-state index in [1.54, 1.807) is 9.20 Å². The first-order valence-corrected chi connectivity index (χ1v) is 8.57. The molecule has 0 radical (unpaired) electrons. The molecule has 0 aliphatic carbocycles. The number of nitrogens with one attached hydrogen (secondary N) is 1. The predicted octanol–water partition coefficient (Wildman–Crippen LogP) is 2.80. The van der Waals surface area contributed by atoms with E-state index in [1.165, 1.54) is 0 Å². The van der Waals surface area contributed by atoms with E-state index >= 15 is 0 Å². The Balaban J connectivity index is 1.70. The van der Waals surface area contributed by atoms with Crippen LogP contribution in [0.3, 0.4) is 0 Å². The van der Waals surface area contributed by atoms with Gasteiger partial charge in [-0.15, -0.1) is 5.10 Å². The summed E-state index contributed by atoms with van der Waals surface area (Å²) >= 11 is 0. The molecule has 0 unspecified atom stereocenters. The molecule has 8 heteroatoms. The number of rotatable bonds is 3. The first kappa shape index (κ1) is 16.9. The molecule has 4 aromatic rings. The number of para-hydroxylation sites is 2. The van der Waals surface area contributed by atoms with Crippen LogP contribution in [0.15, 0.2) is 36.4 Å². The van der Waals surface area contributed by atoms with Gasteiger partial charge in [0.1, 0.15) is 0 Å². The number of benzene rings is 1. The van der Waals surface area contributed by atoms with Crippen LogP contribution in [0, 0.1) is 27.7 Å². The van der Waals surface area contributed by atoms with Gasteiger partial charge in [0.15, 0.2) is 0 Å². The van der Waals surface area contributed by atoms with E-state index < -0.39 is 5.91 Å². The smallest absolute Gasteiger partial charge is 0.295 e. The average molecular weight is 361 g/mol. The van der Waals surface area contributed by atoms with Gasteiger partial charge in [-0.25, -0.2) is 14.2 Å². The summed E-state index contributed by atoms with van der Waals surface area (Å²) in [5.74, 6) is 0.0791. The fourth-order valence-corrected chi connectivity index (χ4v) is 3.08. The molecule has 4 rings (SSSR count). The molecule has 1 aromatic carbocycles. The van der Waals surface area contributed by atoms with Gasteiger partial charge in [-0.05, 0) is 52.0 Å². The van der Waals surface area contributed by atoms with Gasteiger partial charge in [0, 0.05) is 17.1 Å². The molecule has 0 saturated carbocycles. The van der Waals surface area contributed by atoms with Crippen molar-refractivity contribution in [2.75, 3.05) is 5.32 Å². The van der Waals surface area contributed by atoms with Crippen LogP contribution in [0.4, 0.5) is 5.69 Å². The fourth-order valence-electron chi connectivity index (χ4n) is 3.08. The summed E-state index contributed by atoms with van der Waals surface area (Å²) in [6.45, 7) is 7.68. The normalized spacial score (nSPS) is 11.1. The highest BCUT2D eigenvalue weighted by atomic mass is 16.2. The number of hydrogen-bond acceptors (Lipinski definition) is 5. The lowest BCUT2D eigenvalue weighted by molar-refractivity contribution is 0.101. The third kappa shape index (κ3) is 3.05. The number of carbonyl (C=O) groups excluding carboxylic acids is 1. The molecule has 0 spiro atoms. The maximum atomic E-state index is 12.7. The van der Waals surface area contributed by atoms with E-state index in [9.17, 15) is 4.79 Å². The van der Waals surface area contributed by atoms with Gasteiger partial charge in [-0.3, -0.25) is 4.79 Å². The minimum atomic E-state index is -0.397. The van der Waals surface area contributed by atoms with Crippen molar-refractivity contribution in [3.63, 3.8) is 0 Å². The van der Waals surface area contributed by atoms with Gasteiger partial charge in [0.25, 0.3) is 11.7 Å². The lowest BCUT2D eigenvalue weighted by Crippen LogP contribution is -2.16. The zero-order valence-electron chi connectivity index (χ0n) is 15.6. The Morgan fingerprint density at radius 2 is 1.67 bits per heavy atom. The third-order valence-corrected chi connectivity index (χ3v) is 4.21. The zero-order valence-corrected chi connectivity index (χ0v) is 15.6. The number of anilines is 1. The number of nitrogens with zero attached hydrogens (tertiary/aromatic N) is 6. The quantitative estimate of drug-likeness (QED) is 0.606. The minimum absolute atomic E-state index is 0.0689. The molecule has 1 amide bonds. The summed E-state index contributed by atoms with van der Waals surface area (Å²) in [7, 11) is 0. The Hall–Kier alpha value is -3.55. The summed E-state index contributed by atoms with van der Waals surface area (Å²) in [6, 6.07) is 11.4. The van der Waals surface area contributed by atoms with Crippen LogP contribution in [0.5, 0.6) is 0 Å². The van der Waals surface area contributed by atoms with E-state index in [4.69, 9.17) is 0 Å². The van der Waals surface area contributed by atoms with Crippen molar-refractivity contribution in [3.8, 4) is 5.69 Å². The minimum Gasteiger partial charge on any atom is -0.317 e. The lowest BCUT2D eigenvalue weighted by atomic mass is 10.2. The Labute approximate surface area is 155 Å². The molecule has 27 heavy (non-hydrogen) atoms. The highest BCUT2D eigenvalue weighted by molar-refractivity contribution is 6.02. The molecule has 3 aromatic heterocycles. The van der Waals surface area contributed by atoms with Gasteiger partial charge >= 0.3 is 0 Å². The summed E-state index contributed by atoms with van der Waals surface area (Å²) in [5.41, 5.74) is 5.00. The van der Waals surface area contributed by atoms with Crippen molar-refractivity contribution in [2.24, 2.45) is 0 Å². The number of aryl methyl sites for hydroxylation is 4. The van der Waals surface area contributed by atoms with Crippen molar-refractivity contribution < 1.29 is 4.79 Å². The maximum absolute atomic E-state index is 12.7. The summed E-state index contributed by atoms with van der Waals surface area (Å²) in [5, 5.41) is 11.7. The van der Waals surface area contributed by atoms with Crippen LogP contribution in [-0.4, -0.2) is 35.3 Å². The highest BCUT2D eigenvalue weighted by Gasteiger charge is 2.17. The molecule has 0 atom stereocenters. The molecular formula is C19H19N7O. The van der Waals surface area contributed by atoms with E-state index in [0.29, 0.717) is 11.5 Å². The monoisotopic (exact) mass is 361 g/mol. The van der Waals surface area contributed by atoms with Gasteiger partial charge in [0.05, 0.1) is 17.1 Å². The Morgan fingerprint density at radius 1 is 0.926 bits per heavy atom. The molecule has 0 aliphatic heterocycles. The van der Waals surface area contributed by atoms with E-state index in [0.717, 1.165) is 28.5 Å². The Morgan fingerprint density at radius 3 is 2.41 bits per heavy atom. The molecule has 0 saturated heterocycles. The SMILES string of the molecule is Cc1cc(C)n2nc(C(=O)Nc3ccccc3-n3nc(C)cc3C)nc2n1. The van der Waals surface area contributed by atoms with Crippen LogP contribution in [0.1, 0.15) is 33.4 Å². The summed E-state index contributed by atoms with van der Waals surface area (Å²) < 4.78 is 3.37. The predicted molar refractivity (Wildman–Crippen MR) is 101 cm³/mol. The van der Waals surface area contributed by atoms with Gasteiger partial charge in [-0.2, -0.15) is 10.1 Å². The largest absolute Gasteiger partial charge is 0.317 e. The molecule has 0 bridgehead atoms. The fraction of sp³-hybridized carbons (Fsp3) is 0.211. The van der Waals surface area contributed by atoms with Crippen LogP contribution < -0.4 is 5.32 Å². The van der Waals surface area contributed by atoms with Gasteiger partial charge in [0.2, 0.25) is 5.82 Å². The summed E-state index contributed by atoms with van der Waals surface area (Å²) in [4.78, 5) is 21.3. The van der Waals surface area contributed by atoms with Crippen LogP contribution in [0.25, 0.3) is 11.5 Å². The van der Waals surface area contributed by atoms with Crippen LogP contribution in [-0.2, 0) is 0 Å². The van der Waals surface area contributed by atoms with Crippen molar-refractivity contribution in [3.05, 3.63) is 65.0 Å². The second-order valence-electron chi connectivity index (χ2n) is 6.50. The molecule has 8 nitrogen and oxygen atoms in total. The maximum Gasteiger partial charge on any atom is 0.295 e. The van der Waals surface area contributed by atoms with Crippen molar-refractivity contribution in [1.29, 1.82) is 0 Å². The molecule has 1 N–H and O–H groups in total. The third-order valence-electron chi connectivity index (χ3n) is 4.21. The Kier molecular flexibility index (Phi) is 3.95. The summed E-state index contributed by atoms with van der Waals surface area (Å²) in [6.07, 6.45) is 0. The molecule has 136 valence electrons. The number of amides is 1. The van der Waals surface area contributed by atoms with Crippen molar-refractivity contribution in [2.45, 2.75) is 27.7 Å². The first-order valence-electron chi connectivity index (χ1n) is 8.57. The molecular weight excluding hydrogens is 342 g/mol. The molecule has 0 fully saturated rings. The van der Waals surface area contributed by atoms with E-state index in [2.05, 4.69) is 25.5 Å². The standard InChI is InChI=1S/C19H19N7O/c1-11-9-14(4)26-19(20-11)22-17(24-26)18(27)21-15-7-5-6-8-16(15)25-13(3)10-12(2)23-25/h5-10H,1-4H3,(H,21,27). The van der Waals surface area contributed by atoms with Crippen molar-refractivity contribution in [1.82, 2.24) is 29.4 Å². The second kappa shape index (κ2) is 6.31. The zero-order chi connectivity index (χ0) is 19.1. The first-order chi connectivity index (χ1) is 12.9. The van der Waals surface area contributed by atoms with Gasteiger partial charge < -0.3 is 5.32 Å². The van der Waals surface area contributed by atoms with Crippen molar-refractivity contribution >= 4 is 17.4 Å². The Bertz CT molecular complexity index is 1170. The highest BCUT2D eigenvalue weighted by Crippen LogP contribution is 2.22. The van der Waals surface area contributed by atoms with Crippen LogP contribution >= 0.6 is 0 Å². The van der Waals surface area contributed by atoms with E-state index in [-0.39, 0.29) is 5.82 Å².